The summed E-state index contributed by atoms with van der Waals surface area (Å²) in [5, 5.41) is 4.24. The van der Waals surface area contributed by atoms with Gasteiger partial charge in [-0.25, -0.2) is 4.39 Å². The third-order valence-electron chi connectivity index (χ3n) is 5.47. The van der Waals surface area contributed by atoms with Crippen LogP contribution in [0.25, 0.3) is 10.9 Å². The van der Waals surface area contributed by atoms with Crippen molar-refractivity contribution in [1.29, 1.82) is 0 Å². The summed E-state index contributed by atoms with van der Waals surface area (Å²) in [5.41, 5.74) is 10.0. The third kappa shape index (κ3) is 3.53. The highest BCUT2D eigenvalue weighted by atomic mass is 19.1. The molecule has 1 amide bonds. The molecule has 0 aliphatic carbocycles. The van der Waals surface area contributed by atoms with Crippen LogP contribution in [0.4, 0.5) is 10.1 Å². The van der Waals surface area contributed by atoms with Crippen molar-refractivity contribution in [2.45, 2.75) is 18.9 Å². The van der Waals surface area contributed by atoms with E-state index in [0.717, 1.165) is 40.7 Å². The number of fused-ring (bicyclic) bond motifs is 2. The molecule has 2 atom stereocenters. The summed E-state index contributed by atoms with van der Waals surface area (Å²) in [4.78, 5) is 18.2. The highest BCUT2D eigenvalue weighted by molar-refractivity contribution is 5.98. The van der Waals surface area contributed by atoms with E-state index in [1.165, 1.54) is 12.1 Å². The molecular formula is C22H25FN4O. The summed E-state index contributed by atoms with van der Waals surface area (Å²) in [5.74, 6) is -0.179. The number of hydrogen-bond acceptors (Lipinski definition) is 3. The number of nitrogens with one attached hydrogen (secondary N) is 2. The van der Waals surface area contributed by atoms with Gasteiger partial charge in [0.05, 0.1) is 6.04 Å². The van der Waals surface area contributed by atoms with Crippen molar-refractivity contribution in [3.8, 4) is 0 Å². The number of H-pyrrole nitrogens is 1. The Morgan fingerprint density at radius 3 is 3.00 bits per heavy atom. The number of nitrogens with zero attached hydrogens (tertiary/aromatic N) is 1. The van der Waals surface area contributed by atoms with Crippen LogP contribution in [-0.2, 0) is 17.6 Å². The van der Waals surface area contributed by atoms with E-state index in [1.54, 1.807) is 11.0 Å². The van der Waals surface area contributed by atoms with E-state index in [1.807, 2.05) is 37.5 Å². The van der Waals surface area contributed by atoms with Gasteiger partial charge >= 0.3 is 0 Å². The molecule has 6 heteroatoms. The summed E-state index contributed by atoms with van der Waals surface area (Å²) in [6.07, 6.45) is 3.11. The number of carbonyl (C=O) groups excluding carboxylic acids is 1. The summed E-state index contributed by atoms with van der Waals surface area (Å²) in [6, 6.07) is 11.9. The number of hydrogen-bond donors (Lipinski definition) is 3. The Morgan fingerprint density at radius 2 is 2.18 bits per heavy atom. The minimum atomic E-state index is -0.662. The van der Waals surface area contributed by atoms with Crippen molar-refractivity contribution in [3.05, 3.63) is 65.6 Å². The lowest BCUT2D eigenvalue weighted by Gasteiger charge is -2.36. The van der Waals surface area contributed by atoms with Crippen molar-refractivity contribution in [2.24, 2.45) is 11.7 Å². The van der Waals surface area contributed by atoms with Crippen LogP contribution >= 0.6 is 0 Å². The highest BCUT2D eigenvalue weighted by Crippen LogP contribution is 2.31. The molecule has 1 aliphatic heterocycles. The number of anilines is 1. The number of nitrogens with two attached hydrogens (primary N) is 1. The molecule has 1 aromatic heterocycles. The van der Waals surface area contributed by atoms with E-state index in [-0.39, 0.29) is 17.6 Å². The second-order valence-corrected chi connectivity index (χ2v) is 7.52. The fourth-order valence-electron chi connectivity index (χ4n) is 4.17. The first-order valence-corrected chi connectivity index (χ1v) is 9.61. The summed E-state index contributed by atoms with van der Waals surface area (Å²) in [6.45, 7) is 1.34. The van der Waals surface area contributed by atoms with Crippen LogP contribution in [0.5, 0.6) is 0 Å². The van der Waals surface area contributed by atoms with E-state index < -0.39 is 6.04 Å². The molecule has 4 N–H and O–H groups in total. The molecule has 2 heterocycles. The second kappa shape index (κ2) is 7.73. The van der Waals surface area contributed by atoms with Crippen LogP contribution < -0.4 is 16.0 Å². The minimum absolute atomic E-state index is 0.126. The normalized spacial score (nSPS) is 17.5. The van der Waals surface area contributed by atoms with Crippen molar-refractivity contribution >= 4 is 22.5 Å². The van der Waals surface area contributed by atoms with E-state index in [9.17, 15) is 9.18 Å². The Bertz CT molecular complexity index is 999. The lowest BCUT2D eigenvalue weighted by molar-refractivity contribution is -0.120. The molecule has 1 unspecified atom stereocenters. The van der Waals surface area contributed by atoms with Crippen molar-refractivity contribution in [1.82, 2.24) is 10.3 Å². The molecule has 0 saturated heterocycles. The second-order valence-electron chi connectivity index (χ2n) is 7.52. The number of benzene rings is 2. The molecule has 4 rings (SSSR count). The van der Waals surface area contributed by atoms with Gasteiger partial charge in [-0.1, -0.05) is 18.2 Å². The van der Waals surface area contributed by atoms with Crippen LogP contribution in [-0.4, -0.2) is 37.1 Å². The van der Waals surface area contributed by atoms with Gasteiger partial charge in [-0.15, -0.1) is 0 Å². The zero-order chi connectivity index (χ0) is 19.7. The van der Waals surface area contributed by atoms with Crippen LogP contribution in [0.3, 0.4) is 0 Å². The Kier molecular flexibility index (Phi) is 5.15. The molecule has 3 aromatic rings. The average Bonchev–Trinajstić information content (AvgIpc) is 3.09. The maximum atomic E-state index is 13.7. The largest absolute Gasteiger partial charge is 0.361 e. The van der Waals surface area contributed by atoms with Gasteiger partial charge in [0.1, 0.15) is 5.82 Å². The average molecular weight is 380 g/mol. The monoisotopic (exact) mass is 380 g/mol. The van der Waals surface area contributed by atoms with Crippen LogP contribution in [0.2, 0.25) is 0 Å². The molecule has 28 heavy (non-hydrogen) atoms. The zero-order valence-electron chi connectivity index (χ0n) is 15.9. The highest BCUT2D eigenvalue weighted by Gasteiger charge is 2.31. The van der Waals surface area contributed by atoms with Gasteiger partial charge in [0.2, 0.25) is 5.91 Å². The quantitative estimate of drug-likeness (QED) is 0.637. The first-order chi connectivity index (χ1) is 13.6. The van der Waals surface area contributed by atoms with E-state index in [2.05, 4.69) is 10.3 Å². The predicted octanol–water partition coefficient (Wildman–Crippen LogP) is 2.60. The molecule has 0 radical (unpaired) electrons. The van der Waals surface area contributed by atoms with Crippen molar-refractivity contribution in [3.63, 3.8) is 0 Å². The number of rotatable bonds is 5. The maximum absolute atomic E-state index is 13.7. The fourth-order valence-corrected chi connectivity index (χ4v) is 4.17. The van der Waals surface area contributed by atoms with Crippen molar-refractivity contribution in [2.75, 3.05) is 25.0 Å². The molecule has 0 saturated carbocycles. The number of para-hydroxylation sites is 1. The number of halogens is 1. The number of carbonyl (C=O) groups is 1. The van der Waals surface area contributed by atoms with Gasteiger partial charge in [-0.3, -0.25) is 4.79 Å². The molecule has 0 bridgehead atoms. The van der Waals surface area contributed by atoms with Crippen molar-refractivity contribution < 1.29 is 9.18 Å². The third-order valence-corrected chi connectivity index (χ3v) is 5.47. The Hall–Kier alpha value is -2.70. The number of aromatic nitrogens is 1. The van der Waals surface area contributed by atoms with Gasteiger partial charge in [0.15, 0.2) is 0 Å². The lowest BCUT2D eigenvalue weighted by Crippen LogP contribution is -2.50. The Balaban J connectivity index is 1.59. The van der Waals surface area contributed by atoms with Gasteiger partial charge in [0, 0.05) is 29.3 Å². The van der Waals surface area contributed by atoms with E-state index >= 15 is 0 Å². The molecule has 0 spiro atoms. The first-order valence-electron chi connectivity index (χ1n) is 9.61. The fraction of sp³-hybridized carbons (Fsp3) is 0.318. The van der Waals surface area contributed by atoms with Gasteiger partial charge < -0.3 is 20.9 Å². The standard InChI is InChI=1S/C22H25FN4O/c1-25-11-14-8-15-9-17(23)6-7-21(15)27(13-14)22(28)19(24)10-16-12-26-20-5-3-2-4-18(16)20/h2-7,9,12,14,19,25-26H,8,10-11,13,24H2,1H3/t14?,19-/m1/s1. The number of amides is 1. The molecule has 0 fully saturated rings. The summed E-state index contributed by atoms with van der Waals surface area (Å²) >= 11 is 0. The molecule has 1 aliphatic rings. The van der Waals surface area contributed by atoms with E-state index in [0.29, 0.717) is 13.0 Å². The van der Waals surface area contributed by atoms with E-state index in [4.69, 9.17) is 5.73 Å². The number of aromatic amines is 1. The maximum Gasteiger partial charge on any atom is 0.244 e. The minimum Gasteiger partial charge on any atom is -0.361 e. The Labute approximate surface area is 163 Å². The summed E-state index contributed by atoms with van der Waals surface area (Å²) < 4.78 is 13.7. The lowest BCUT2D eigenvalue weighted by atomic mass is 9.91. The topological polar surface area (TPSA) is 74.2 Å². The smallest absolute Gasteiger partial charge is 0.244 e. The van der Waals surface area contributed by atoms with Crippen LogP contribution in [0.1, 0.15) is 11.1 Å². The van der Waals surface area contributed by atoms with Gasteiger partial charge in [-0.2, -0.15) is 0 Å². The van der Waals surface area contributed by atoms with Gasteiger partial charge in [0.25, 0.3) is 0 Å². The summed E-state index contributed by atoms with van der Waals surface area (Å²) in [7, 11) is 1.88. The predicted molar refractivity (Wildman–Crippen MR) is 110 cm³/mol. The SMILES string of the molecule is CNCC1Cc2cc(F)ccc2N(C(=O)[C@H](N)Cc2c[nH]c3ccccc23)C1. The zero-order valence-corrected chi connectivity index (χ0v) is 15.9. The first kappa shape index (κ1) is 18.7. The molecular weight excluding hydrogens is 355 g/mol. The van der Waals surface area contributed by atoms with Gasteiger partial charge in [-0.05, 0) is 67.7 Å². The van der Waals surface area contributed by atoms with Crippen LogP contribution in [0, 0.1) is 11.7 Å². The molecule has 5 nitrogen and oxygen atoms in total. The Morgan fingerprint density at radius 1 is 1.36 bits per heavy atom. The molecule has 2 aromatic carbocycles. The molecule has 146 valence electrons. The van der Waals surface area contributed by atoms with Crippen LogP contribution in [0.15, 0.2) is 48.7 Å².